The number of rotatable bonds is 4. The number of anilines is 1. The molecule has 2 aliphatic rings. The molecule has 11 heteroatoms. The van der Waals surface area contributed by atoms with Gasteiger partial charge in [-0.2, -0.15) is 0 Å². The van der Waals surface area contributed by atoms with Crippen molar-refractivity contribution in [2.45, 2.75) is 18.4 Å². The van der Waals surface area contributed by atoms with Crippen LogP contribution in [0.25, 0.3) is 5.69 Å². The molecule has 3 unspecified atom stereocenters. The van der Waals surface area contributed by atoms with E-state index in [4.69, 9.17) is 32.5 Å². The largest absolute Gasteiger partial charge is 0.494 e. The van der Waals surface area contributed by atoms with Crippen LogP contribution in [0.5, 0.6) is 5.75 Å². The third-order valence-electron chi connectivity index (χ3n) is 6.56. The van der Waals surface area contributed by atoms with E-state index in [0.717, 1.165) is 28.7 Å². The second-order valence-corrected chi connectivity index (χ2v) is 8.89. The zero-order chi connectivity index (χ0) is 24.9. The van der Waals surface area contributed by atoms with Gasteiger partial charge < -0.3 is 24.7 Å². The van der Waals surface area contributed by atoms with Crippen molar-refractivity contribution in [3.05, 3.63) is 82.5 Å². The average molecular weight is 503 g/mol. The number of ether oxygens (including phenoxy) is 2. The molecule has 0 fully saturated rings. The molecule has 0 saturated heterocycles. The van der Waals surface area contributed by atoms with Crippen molar-refractivity contribution in [1.29, 1.82) is 0 Å². The van der Waals surface area contributed by atoms with Gasteiger partial charge in [0, 0.05) is 35.1 Å². The van der Waals surface area contributed by atoms with Crippen LogP contribution in [-0.2, 0) is 4.74 Å². The van der Waals surface area contributed by atoms with Crippen molar-refractivity contribution >= 4 is 17.3 Å². The van der Waals surface area contributed by atoms with Gasteiger partial charge >= 0.3 is 0 Å². The number of benzene rings is 2. The molecule has 3 atom stereocenters. The minimum absolute atomic E-state index is 0.270. The maximum atomic E-state index is 14.2. The fourth-order valence-electron chi connectivity index (χ4n) is 4.69. The number of methoxy groups -OCH3 is 1. The van der Waals surface area contributed by atoms with Gasteiger partial charge in [0.25, 0.3) is 0 Å². The van der Waals surface area contributed by atoms with Crippen molar-refractivity contribution in [3.63, 3.8) is 0 Å². The molecule has 8 nitrogen and oxygen atoms in total. The number of aromatic nitrogens is 2. The highest BCUT2D eigenvalue weighted by Crippen LogP contribution is 2.42. The van der Waals surface area contributed by atoms with E-state index < -0.39 is 30.0 Å². The monoisotopic (exact) mass is 502 g/mol. The number of halogens is 3. The Morgan fingerprint density at radius 1 is 1.14 bits per heavy atom. The van der Waals surface area contributed by atoms with Crippen molar-refractivity contribution in [1.82, 2.24) is 14.5 Å². The number of nitrogens with zero attached hydrogens (tertiary/aromatic N) is 4. The first kappa shape index (κ1) is 23.7. The molecule has 3 aromatic rings. The van der Waals surface area contributed by atoms with Crippen LogP contribution in [0.1, 0.15) is 11.5 Å². The first-order chi connectivity index (χ1) is 16.8. The highest BCUT2D eigenvalue weighted by molar-refractivity contribution is 6.29. The third-order valence-corrected chi connectivity index (χ3v) is 6.75. The fraction of sp³-hybridized carbons (Fsp3) is 0.292. The topological polar surface area (TPSA) is 94.8 Å². The third kappa shape index (κ3) is 4.07. The Labute approximate surface area is 206 Å². The molecule has 5 rings (SSSR count). The second-order valence-electron chi connectivity index (χ2n) is 8.51. The van der Waals surface area contributed by atoms with Gasteiger partial charge in [-0.3, -0.25) is 10.6 Å². The Balaban J connectivity index is 1.65. The molecular formula is C24H25ClF2N6O2. The van der Waals surface area contributed by atoms with Crippen molar-refractivity contribution in [2.24, 2.45) is 11.5 Å². The molecule has 0 radical (unpaired) electrons. The summed E-state index contributed by atoms with van der Waals surface area (Å²) in [6.07, 6.45) is 2.14. The van der Waals surface area contributed by atoms with Crippen LogP contribution in [0.2, 0.25) is 5.15 Å². The summed E-state index contributed by atoms with van der Waals surface area (Å²) in [6, 6.07) is 9.50. The fourth-order valence-corrected chi connectivity index (χ4v) is 4.84. The molecule has 3 heterocycles. The Morgan fingerprint density at radius 2 is 1.94 bits per heavy atom. The number of hydrogen-bond donors (Lipinski definition) is 2. The predicted octanol–water partition coefficient (Wildman–Crippen LogP) is 3.16. The van der Waals surface area contributed by atoms with Crippen molar-refractivity contribution in [2.75, 3.05) is 32.3 Å². The SMILES string of the molecule is COc1cc(N2C3=C(COCC3c3ccc(F)c(F)c3)C(N)N(C)C2N)ccc1-n1cnc(Cl)c1. The zero-order valence-electron chi connectivity index (χ0n) is 19.2. The first-order valence-corrected chi connectivity index (χ1v) is 11.3. The normalized spacial score (nSPS) is 22.9. The summed E-state index contributed by atoms with van der Waals surface area (Å²) >= 11 is 6.00. The minimum Gasteiger partial charge on any atom is -0.494 e. The molecular weight excluding hydrogens is 478 g/mol. The van der Waals surface area contributed by atoms with Gasteiger partial charge in [-0.15, -0.1) is 0 Å². The standard InChI is InChI=1S/C24H25ClF2N6O2/c1-31-23(28)16-11-35-10-15(13-3-5-17(26)18(27)7-13)22(16)33(24(31)29)14-4-6-19(20(8-14)34-2)32-9-21(25)30-12-32/h3-9,12,15,23-24H,10-11,28-29H2,1-2H3. The molecule has 4 N–H and O–H groups in total. The van der Waals surface area contributed by atoms with E-state index in [-0.39, 0.29) is 6.61 Å². The minimum atomic E-state index is -0.923. The summed E-state index contributed by atoms with van der Waals surface area (Å²) in [7, 11) is 3.40. The van der Waals surface area contributed by atoms with E-state index in [1.165, 1.54) is 6.07 Å². The van der Waals surface area contributed by atoms with Gasteiger partial charge in [0.1, 0.15) is 23.5 Å². The Morgan fingerprint density at radius 3 is 2.63 bits per heavy atom. The summed E-state index contributed by atoms with van der Waals surface area (Å²) in [5, 5.41) is 0.358. The lowest BCUT2D eigenvalue weighted by molar-refractivity contribution is 0.0905. The highest BCUT2D eigenvalue weighted by atomic mass is 35.5. The lowest BCUT2D eigenvalue weighted by Crippen LogP contribution is -2.64. The van der Waals surface area contributed by atoms with Crippen LogP contribution in [0, 0.1) is 11.6 Å². The quantitative estimate of drug-likeness (QED) is 0.566. The van der Waals surface area contributed by atoms with Gasteiger partial charge in [0.05, 0.1) is 32.2 Å². The smallest absolute Gasteiger partial charge is 0.159 e. The van der Waals surface area contributed by atoms with Crippen LogP contribution in [0.3, 0.4) is 0 Å². The summed E-state index contributed by atoms with van der Waals surface area (Å²) in [5.74, 6) is -1.67. The maximum Gasteiger partial charge on any atom is 0.159 e. The van der Waals surface area contributed by atoms with Crippen molar-refractivity contribution < 1.29 is 18.3 Å². The summed E-state index contributed by atoms with van der Waals surface area (Å²) in [4.78, 5) is 7.83. The molecule has 184 valence electrons. The van der Waals surface area contributed by atoms with E-state index >= 15 is 0 Å². The molecule has 0 aliphatic carbocycles. The van der Waals surface area contributed by atoms with Gasteiger partial charge in [0.2, 0.25) is 0 Å². The highest BCUT2D eigenvalue weighted by Gasteiger charge is 2.42. The second kappa shape index (κ2) is 9.21. The molecule has 35 heavy (non-hydrogen) atoms. The van der Waals surface area contributed by atoms with Gasteiger partial charge in [-0.1, -0.05) is 17.7 Å². The van der Waals surface area contributed by atoms with E-state index in [1.807, 2.05) is 35.0 Å². The number of hydrogen-bond acceptors (Lipinski definition) is 7. The molecule has 0 amide bonds. The van der Waals surface area contributed by atoms with Gasteiger partial charge in [-0.05, 0) is 36.9 Å². The number of likely N-dealkylation sites (N-methyl/N-ethyl adjacent to an activating group) is 1. The Kier molecular flexibility index (Phi) is 6.24. The van der Waals surface area contributed by atoms with Crippen LogP contribution in [0.15, 0.2) is 60.2 Å². The average Bonchev–Trinajstić information content (AvgIpc) is 3.30. The van der Waals surface area contributed by atoms with E-state index in [2.05, 4.69) is 4.98 Å². The van der Waals surface area contributed by atoms with Crippen LogP contribution in [0.4, 0.5) is 14.5 Å². The van der Waals surface area contributed by atoms with Crippen LogP contribution in [-0.4, -0.2) is 54.3 Å². The van der Waals surface area contributed by atoms with Crippen LogP contribution >= 0.6 is 11.6 Å². The Bertz CT molecular complexity index is 1300. The predicted molar refractivity (Wildman–Crippen MR) is 128 cm³/mol. The molecule has 0 spiro atoms. The molecule has 0 bridgehead atoms. The molecule has 2 aromatic carbocycles. The van der Waals surface area contributed by atoms with E-state index in [1.54, 1.807) is 30.3 Å². The summed E-state index contributed by atoms with van der Waals surface area (Å²) in [6.45, 7) is 0.569. The summed E-state index contributed by atoms with van der Waals surface area (Å²) < 4.78 is 41.1. The lowest BCUT2D eigenvalue weighted by Gasteiger charge is -2.50. The van der Waals surface area contributed by atoms with Gasteiger partial charge in [-0.25, -0.2) is 13.8 Å². The molecule has 1 aromatic heterocycles. The van der Waals surface area contributed by atoms with Crippen LogP contribution < -0.4 is 21.1 Å². The van der Waals surface area contributed by atoms with Crippen molar-refractivity contribution in [3.8, 4) is 11.4 Å². The van der Waals surface area contributed by atoms with Gasteiger partial charge in [0.15, 0.2) is 11.6 Å². The molecule has 0 saturated carbocycles. The first-order valence-electron chi connectivity index (χ1n) is 11.0. The maximum absolute atomic E-state index is 14.2. The lowest BCUT2D eigenvalue weighted by atomic mass is 9.87. The molecule has 2 aliphatic heterocycles. The Hall–Kier alpha value is -3.02. The van der Waals surface area contributed by atoms with E-state index in [0.29, 0.717) is 23.1 Å². The summed E-state index contributed by atoms with van der Waals surface area (Å²) in [5.41, 5.74) is 16.9. The van der Waals surface area contributed by atoms with E-state index in [9.17, 15) is 8.78 Å². The number of imidazole rings is 1. The zero-order valence-corrected chi connectivity index (χ0v) is 19.9. The number of nitrogens with two attached hydrogens (primary N) is 2.